The Morgan fingerprint density at radius 1 is 1.12 bits per heavy atom. The Hall–Kier alpha value is -1.43. The molecule has 6 heteroatoms. The summed E-state index contributed by atoms with van der Waals surface area (Å²) >= 11 is 3.62. The molecule has 5 nitrogen and oxygen atoms in total. The largest absolute Gasteiger partial charge is 0.457 e. The van der Waals surface area contributed by atoms with Gasteiger partial charge in [0.25, 0.3) is 5.78 Å². The Morgan fingerprint density at radius 3 is 2.23 bits per heavy atom. The Kier molecular flexibility index (Phi) is 5.42. The van der Waals surface area contributed by atoms with Crippen molar-refractivity contribution in [3.05, 3.63) is 21.4 Å². The smallest absolute Gasteiger partial charge is 0.380 e. The molecular formula is C20H27BrN2O3. The van der Waals surface area contributed by atoms with E-state index in [9.17, 15) is 9.59 Å². The van der Waals surface area contributed by atoms with Crippen LogP contribution in [0.3, 0.4) is 0 Å². The molecule has 0 bridgehead atoms. The van der Waals surface area contributed by atoms with Crippen molar-refractivity contribution in [3.63, 3.8) is 0 Å². The molecule has 1 aromatic rings. The van der Waals surface area contributed by atoms with Crippen molar-refractivity contribution in [1.29, 1.82) is 0 Å². The Labute approximate surface area is 163 Å². The van der Waals surface area contributed by atoms with Gasteiger partial charge in [-0.1, -0.05) is 6.42 Å². The third kappa shape index (κ3) is 3.53. The maximum absolute atomic E-state index is 12.9. The summed E-state index contributed by atoms with van der Waals surface area (Å²) in [5, 5.41) is 0. The van der Waals surface area contributed by atoms with Gasteiger partial charge >= 0.3 is 5.97 Å². The standard InChI is InChI=1S/C20H27BrN2O3/c1-12(2)26-19(25)18(24)15-13(3)22-14(4)16(21)17(15)23-10-8-20(9-11-23)6-5-7-20/h12H,5-11H2,1-4H3. The first-order chi connectivity index (χ1) is 12.2. The average Bonchev–Trinajstić information content (AvgIpc) is 2.55. The van der Waals surface area contributed by atoms with Crippen LogP contribution in [0.2, 0.25) is 0 Å². The first-order valence-electron chi connectivity index (χ1n) is 9.41. The SMILES string of the molecule is Cc1nc(C)c(C(=O)C(=O)OC(C)C)c(N2CCC3(CCC3)CC2)c1Br. The van der Waals surface area contributed by atoms with E-state index in [1.807, 2.05) is 6.92 Å². The fraction of sp³-hybridized carbons (Fsp3) is 0.650. The number of ether oxygens (including phenoxy) is 1. The quantitative estimate of drug-likeness (QED) is 0.409. The summed E-state index contributed by atoms with van der Waals surface area (Å²) in [7, 11) is 0. The number of aromatic nitrogens is 1. The molecule has 1 aromatic heterocycles. The first kappa shape index (κ1) is 19.3. The molecule has 1 spiro atoms. The first-order valence-corrected chi connectivity index (χ1v) is 10.2. The molecule has 1 aliphatic heterocycles. The number of pyridine rings is 1. The van der Waals surface area contributed by atoms with Gasteiger partial charge in [-0.05, 0) is 74.7 Å². The number of piperidine rings is 1. The third-order valence-electron chi connectivity index (χ3n) is 5.77. The Bertz CT molecular complexity index is 731. The number of ketones is 1. The monoisotopic (exact) mass is 422 g/mol. The Morgan fingerprint density at radius 2 is 1.73 bits per heavy atom. The van der Waals surface area contributed by atoms with Crippen LogP contribution in [0.5, 0.6) is 0 Å². The highest BCUT2D eigenvalue weighted by Gasteiger charge is 2.41. The van der Waals surface area contributed by atoms with Gasteiger partial charge in [0.1, 0.15) is 0 Å². The van der Waals surface area contributed by atoms with Gasteiger partial charge in [0.05, 0.1) is 33.2 Å². The van der Waals surface area contributed by atoms with Crippen LogP contribution in [0.4, 0.5) is 5.69 Å². The van der Waals surface area contributed by atoms with Gasteiger partial charge in [0, 0.05) is 13.1 Å². The molecule has 2 aliphatic rings. The lowest BCUT2D eigenvalue weighted by Crippen LogP contribution is -2.44. The number of aryl methyl sites for hydroxylation is 2. The fourth-order valence-corrected chi connectivity index (χ4v) is 4.67. The number of anilines is 1. The topological polar surface area (TPSA) is 59.5 Å². The average molecular weight is 423 g/mol. The second-order valence-electron chi connectivity index (χ2n) is 7.94. The maximum atomic E-state index is 12.9. The van der Waals surface area contributed by atoms with Crippen molar-refractivity contribution in [2.24, 2.45) is 5.41 Å². The highest BCUT2D eigenvalue weighted by Crippen LogP contribution is 2.50. The molecule has 0 aromatic carbocycles. The van der Waals surface area contributed by atoms with Gasteiger partial charge in [-0.3, -0.25) is 9.78 Å². The third-order valence-corrected chi connectivity index (χ3v) is 6.72. The van der Waals surface area contributed by atoms with E-state index in [2.05, 4.69) is 25.8 Å². The number of rotatable bonds is 4. The van der Waals surface area contributed by atoms with Crippen molar-refractivity contribution >= 4 is 33.4 Å². The summed E-state index contributed by atoms with van der Waals surface area (Å²) in [6.45, 7) is 8.99. The minimum atomic E-state index is -0.811. The van der Waals surface area contributed by atoms with Gasteiger partial charge in [-0.25, -0.2) is 4.79 Å². The highest BCUT2D eigenvalue weighted by molar-refractivity contribution is 9.10. The Balaban J connectivity index is 1.95. The lowest BCUT2D eigenvalue weighted by Gasteiger charge is -2.49. The van der Waals surface area contributed by atoms with E-state index in [4.69, 9.17) is 4.74 Å². The molecule has 0 atom stereocenters. The van der Waals surface area contributed by atoms with Crippen molar-refractivity contribution in [1.82, 2.24) is 4.98 Å². The molecule has 2 fully saturated rings. The predicted molar refractivity (Wildman–Crippen MR) is 105 cm³/mol. The van der Waals surface area contributed by atoms with Crippen molar-refractivity contribution in [3.8, 4) is 0 Å². The van der Waals surface area contributed by atoms with E-state index in [0.29, 0.717) is 16.7 Å². The van der Waals surface area contributed by atoms with E-state index < -0.39 is 11.8 Å². The predicted octanol–water partition coefficient (Wildman–Crippen LogP) is 4.37. The molecule has 0 amide bonds. The van der Waals surface area contributed by atoms with Gasteiger partial charge in [0.2, 0.25) is 0 Å². The van der Waals surface area contributed by atoms with Crippen LogP contribution in [-0.4, -0.2) is 35.9 Å². The van der Waals surface area contributed by atoms with Crippen molar-refractivity contribution in [2.45, 2.75) is 65.9 Å². The van der Waals surface area contributed by atoms with Crippen molar-refractivity contribution < 1.29 is 14.3 Å². The molecule has 1 saturated heterocycles. The van der Waals surface area contributed by atoms with Gasteiger partial charge in [0.15, 0.2) is 0 Å². The molecule has 26 heavy (non-hydrogen) atoms. The van der Waals surface area contributed by atoms with Crippen LogP contribution in [0.25, 0.3) is 0 Å². The van der Waals surface area contributed by atoms with E-state index >= 15 is 0 Å². The van der Waals surface area contributed by atoms with Crippen LogP contribution in [0.15, 0.2) is 4.47 Å². The number of hydrogen-bond donors (Lipinski definition) is 0. The molecule has 0 radical (unpaired) electrons. The molecule has 0 N–H and O–H groups in total. The number of hydrogen-bond acceptors (Lipinski definition) is 5. The summed E-state index contributed by atoms with van der Waals surface area (Å²) < 4.78 is 5.94. The van der Waals surface area contributed by atoms with Crippen molar-refractivity contribution in [2.75, 3.05) is 18.0 Å². The van der Waals surface area contributed by atoms with Crippen LogP contribution in [0, 0.1) is 19.3 Å². The summed E-state index contributed by atoms with van der Waals surface area (Å²) in [5.74, 6) is -1.42. The highest BCUT2D eigenvalue weighted by atomic mass is 79.9. The van der Waals surface area contributed by atoms with E-state index in [-0.39, 0.29) is 6.10 Å². The zero-order valence-corrected chi connectivity index (χ0v) is 17.6. The van der Waals surface area contributed by atoms with Gasteiger partial charge in [-0.15, -0.1) is 0 Å². The lowest BCUT2D eigenvalue weighted by molar-refractivity contribution is -0.141. The fourth-order valence-electron chi connectivity index (χ4n) is 4.13. The number of nitrogens with zero attached hydrogens (tertiary/aromatic N) is 2. The van der Waals surface area contributed by atoms with Crippen LogP contribution >= 0.6 is 15.9 Å². The summed E-state index contributed by atoms with van der Waals surface area (Å²) in [4.78, 5) is 31.8. The zero-order valence-electron chi connectivity index (χ0n) is 16.0. The summed E-state index contributed by atoms with van der Waals surface area (Å²) in [6, 6.07) is 0. The molecule has 3 rings (SSSR count). The molecule has 1 saturated carbocycles. The molecular weight excluding hydrogens is 396 g/mol. The normalized spacial score (nSPS) is 18.8. The van der Waals surface area contributed by atoms with E-state index in [1.165, 1.54) is 19.3 Å². The molecule has 0 unspecified atom stereocenters. The number of esters is 1. The van der Waals surface area contributed by atoms with Gasteiger partial charge in [-0.2, -0.15) is 0 Å². The molecule has 142 valence electrons. The minimum absolute atomic E-state index is 0.328. The summed E-state index contributed by atoms with van der Waals surface area (Å²) in [5.41, 5.74) is 3.10. The molecule has 1 aliphatic carbocycles. The van der Waals surface area contributed by atoms with Crippen LogP contribution < -0.4 is 4.90 Å². The lowest BCUT2D eigenvalue weighted by atomic mass is 9.63. The second-order valence-corrected chi connectivity index (χ2v) is 8.74. The number of halogens is 1. The minimum Gasteiger partial charge on any atom is -0.457 e. The number of Topliss-reactive ketones (excluding diaryl/α,β-unsaturated/α-hetero) is 1. The zero-order chi connectivity index (χ0) is 19.1. The summed E-state index contributed by atoms with van der Waals surface area (Å²) in [6.07, 6.45) is 5.94. The van der Waals surface area contributed by atoms with Crippen LogP contribution in [0.1, 0.15) is 67.7 Å². The maximum Gasteiger partial charge on any atom is 0.380 e. The van der Waals surface area contributed by atoms with E-state index in [1.54, 1.807) is 20.8 Å². The second kappa shape index (κ2) is 7.29. The van der Waals surface area contributed by atoms with Crippen LogP contribution in [-0.2, 0) is 9.53 Å². The molecule has 2 heterocycles. The number of carbonyl (C=O) groups excluding carboxylic acids is 2. The number of carbonyl (C=O) groups is 2. The van der Waals surface area contributed by atoms with Gasteiger partial charge < -0.3 is 9.64 Å². The van der Waals surface area contributed by atoms with E-state index in [0.717, 1.165) is 41.8 Å².